The Kier molecular flexibility index (Phi) is 7.61. The third kappa shape index (κ3) is 5.91. The van der Waals surface area contributed by atoms with E-state index in [4.69, 9.17) is 4.74 Å². The van der Waals surface area contributed by atoms with E-state index in [1.807, 2.05) is 6.07 Å². The third-order valence-corrected chi connectivity index (χ3v) is 8.30. The number of amides is 1. The number of fused-ring (bicyclic) bond motifs is 1. The highest BCUT2D eigenvalue weighted by atomic mass is 19.1. The van der Waals surface area contributed by atoms with Crippen LogP contribution in [0.15, 0.2) is 36.4 Å². The third-order valence-electron chi connectivity index (χ3n) is 8.30. The Morgan fingerprint density at radius 1 is 1.00 bits per heavy atom. The number of hydrogen-bond donors (Lipinski definition) is 1. The number of hydrogen-bond acceptors (Lipinski definition) is 3. The van der Waals surface area contributed by atoms with Crippen molar-refractivity contribution in [1.82, 2.24) is 10.2 Å². The summed E-state index contributed by atoms with van der Waals surface area (Å²) in [6.45, 7) is 6.34. The van der Waals surface area contributed by atoms with Crippen molar-refractivity contribution in [2.75, 3.05) is 13.1 Å². The highest BCUT2D eigenvalue weighted by Crippen LogP contribution is 2.35. The molecule has 2 fully saturated rings. The van der Waals surface area contributed by atoms with E-state index in [9.17, 15) is 13.6 Å². The highest BCUT2D eigenvalue weighted by Gasteiger charge is 2.34. The van der Waals surface area contributed by atoms with Gasteiger partial charge in [-0.25, -0.2) is 8.78 Å². The molecule has 0 saturated heterocycles. The number of carbonyl (C=O) groups is 1. The van der Waals surface area contributed by atoms with Crippen LogP contribution >= 0.6 is 0 Å². The molecule has 2 aromatic rings. The van der Waals surface area contributed by atoms with E-state index in [0.717, 1.165) is 43.0 Å². The molecule has 0 radical (unpaired) electrons. The fourth-order valence-electron chi connectivity index (χ4n) is 5.89. The first-order chi connectivity index (χ1) is 17.4. The van der Waals surface area contributed by atoms with Gasteiger partial charge in [0.25, 0.3) is 5.91 Å². The van der Waals surface area contributed by atoms with Gasteiger partial charge in [0, 0.05) is 30.3 Å². The fraction of sp³-hybridized carbons (Fsp3) is 0.567. The van der Waals surface area contributed by atoms with Crippen LogP contribution in [-0.4, -0.2) is 36.0 Å². The lowest BCUT2D eigenvalue weighted by molar-refractivity contribution is 0.0548. The molecule has 0 unspecified atom stereocenters. The Morgan fingerprint density at radius 3 is 2.44 bits per heavy atom. The normalized spacial score (nSPS) is 23.0. The van der Waals surface area contributed by atoms with Crippen molar-refractivity contribution < 1.29 is 18.3 Å². The molecule has 2 aliphatic carbocycles. The molecule has 1 aliphatic heterocycles. The maximum absolute atomic E-state index is 14.1. The Hall–Kier alpha value is -2.47. The molecule has 6 heteroatoms. The van der Waals surface area contributed by atoms with Gasteiger partial charge in [0.1, 0.15) is 11.6 Å². The van der Waals surface area contributed by atoms with Gasteiger partial charge in [-0.3, -0.25) is 4.79 Å². The van der Waals surface area contributed by atoms with Crippen molar-refractivity contribution in [3.63, 3.8) is 0 Å². The Bertz CT molecular complexity index is 1080. The molecule has 0 spiro atoms. The number of nitrogens with zero attached hydrogens (tertiary/aromatic N) is 1. The molecule has 1 amide bonds. The van der Waals surface area contributed by atoms with Gasteiger partial charge in [-0.2, -0.15) is 0 Å². The van der Waals surface area contributed by atoms with E-state index < -0.39 is 11.6 Å². The molecular formula is C30H38F2N2O2. The predicted octanol–water partition coefficient (Wildman–Crippen LogP) is 6.73. The molecule has 3 aliphatic rings. The minimum absolute atomic E-state index is 0.0276. The molecule has 1 heterocycles. The topological polar surface area (TPSA) is 41.6 Å². The molecule has 1 atom stereocenters. The molecule has 0 aromatic heterocycles. The van der Waals surface area contributed by atoms with Crippen LogP contribution in [0.1, 0.15) is 74.7 Å². The summed E-state index contributed by atoms with van der Waals surface area (Å²) in [5, 5.41) is 3.77. The Balaban J connectivity index is 1.24. The van der Waals surface area contributed by atoms with Gasteiger partial charge in [-0.1, -0.05) is 19.9 Å². The lowest BCUT2D eigenvalue weighted by Crippen LogP contribution is -2.48. The lowest BCUT2D eigenvalue weighted by atomic mass is 9.79. The summed E-state index contributed by atoms with van der Waals surface area (Å²) in [7, 11) is 0. The van der Waals surface area contributed by atoms with E-state index in [1.54, 1.807) is 12.1 Å². The number of carbonyl (C=O) groups excluding carboxylic acids is 1. The second-order valence-corrected chi connectivity index (χ2v) is 11.4. The predicted molar refractivity (Wildman–Crippen MR) is 137 cm³/mol. The van der Waals surface area contributed by atoms with E-state index in [2.05, 4.69) is 24.1 Å². The highest BCUT2D eigenvalue weighted by molar-refractivity contribution is 5.97. The summed E-state index contributed by atoms with van der Waals surface area (Å²) in [4.78, 5) is 15.7. The molecule has 0 bridgehead atoms. The summed E-state index contributed by atoms with van der Waals surface area (Å²) in [6.07, 6.45) is 9.55. The van der Waals surface area contributed by atoms with Crippen LogP contribution in [0.4, 0.5) is 8.78 Å². The maximum Gasteiger partial charge on any atom is 0.254 e. The van der Waals surface area contributed by atoms with Crippen LogP contribution in [0.25, 0.3) is 0 Å². The van der Waals surface area contributed by atoms with E-state index in [0.29, 0.717) is 29.2 Å². The molecule has 5 rings (SSSR count). The quantitative estimate of drug-likeness (QED) is 0.419. The van der Waals surface area contributed by atoms with Crippen LogP contribution in [0, 0.1) is 29.4 Å². The Labute approximate surface area is 213 Å². The van der Waals surface area contributed by atoms with E-state index >= 15 is 0 Å². The monoisotopic (exact) mass is 496 g/mol. The van der Waals surface area contributed by atoms with Gasteiger partial charge >= 0.3 is 0 Å². The number of halogens is 2. The van der Waals surface area contributed by atoms with Gasteiger partial charge in [0.2, 0.25) is 0 Å². The number of ether oxygens (including phenoxy) is 1. The zero-order valence-electron chi connectivity index (χ0n) is 21.4. The van der Waals surface area contributed by atoms with E-state index in [1.165, 1.54) is 51.1 Å². The van der Waals surface area contributed by atoms with Crippen molar-refractivity contribution in [2.45, 2.75) is 77.3 Å². The first-order valence-electron chi connectivity index (χ1n) is 13.7. The van der Waals surface area contributed by atoms with Crippen LogP contribution < -0.4 is 10.1 Å². The minimum atomic E-state index is -0.766. The first kappa shape index (κ1) is 25.2. The summed E-state index contributed by atoms with van der Waals surface area (Å²) in [6, 6.07) is 9.43. The van der Waals surface area contributed by atoms with Crippen molar-refractivity contribution in [2.24, 2.45) is 17.8 Å². The van der Waals surface area contributed by atoms with Crippen molar-refractivity contribution in [3.05, 3.63) is 59.2 Å². The first-order valence-corrected chi connectivity index (χ1v) is 13.7. The standard InChI is InChI=1S/C30H38F2N2O2/c1-19(2)28(15-20-5-9-24(10-6-20)33-18-21-3-4-21)34-14-13-22-7-11-25(17-26(22)30(34)35)36-29-12-8-23(31)16-27(29)32/h7-8,11-12,16-17,19-21,24,28,33H,3-6,9-10,13-15,18H2,1-2H3/t20?,24?,28-/m0/s1. The van der Waals surface area contributed by atoms with Crippen LogP contribution in [0.5, 0.6) is 11.5 Å². The summed E-state index contributed by atoms with van der Waals surface area (Å²) >= 11 is 0. The Morgan fingerprint density at radius 2 is 1.75 bits per heavy atom. The number of rotatable bonds is 9. The molecule has 2 aromatic carbocycles. The fourth-order valence-corrected chi connectivity index (χ4v) is 5.89. The summed E-state index contributed by atoms with van der Waals surface area (Å²) in [5.41, 5.74) is 1.62. The van der Waals surface area contributed by atoms with Gasteiger partial charge < -0.3 is 15.0 Å². The molecule has 194 valence electrons. The van der Waals surface area contributed by atoms with Gasteiger partial charge in [0.05, 0.1) is 0 Å². The van der Waals surface area contributed by atoms with Crippen molar-refractivity contribution in [3.8, 4) is 11.5 Å². The van der Waals surface area contributed by atoms with Gasteiger partial charge in [-0.15, -0.1) is 0 Å². The molecule has 36 heavy (non-hydrogen) atoms. The molecule has 4 nitrogen and oxygen atoms in total. The zero-order valence-corrected chi connectivity index (χ0v) is 21.4. The van der Waals surface area contributed by atoms with Crippen molar-refractivity contribution >= 4 is 5.91 Å². The second kappa shape index (κ2) is 10.9. The van der Waals surface area contributed by atoms with Gasteiger partial charge in [-0.05, 0) is 105 Å². The maximum atomic E-state index is 14.1. The lowest BCUT2D eigenvalue weighted by Gasteiger charge is -2.41. The molecule has 2 saturated carbocycles. The van der Waals surface area contributed by atoms with Crippen LogP contribution in [0.3, 0.4) is 0 Å². The molecular weight excluding hydrogens is 458 g/mol. The number of nitrogens with one attached hydrogen (secondary N) is 1. The average Bonchev–Trinajstić information content (AvgIpc) is 3.69. The number of benzene rings is 2. The summed E-state index contributed by atoms with van der Waals surface area (Å²) < 4.78 is 33.0. The minimum Gasteiger partial charge on any atom is -0.454 e. The van der Waals surface area contributed by atoms with E-state index in [-0.39, 0.29) is 17.7 Å². The zero-order chi connectivity index (χ0) is 25.2. The summed E-state index contributed by atoms with van der Waals surface area (Å²) in [5.74, 6) is 0.875. The molecule has 1 N–H and O–H groups in total. The SMILES string of the molecule is CC(C)[C@H](CC1CCC(NCC2CC2)CC1)N1CCc2ccc(Oc3ccc(F)cc3F)cc2C1=O. The average molecular weight is 497 g/mol. The van der Waals surface area contributed by atoms with Crippen LogP contribution in [0.2, 0.25) is 0 Å². The van der Waals surface area contributed by atoms with Gasteiger partial charge in [0.15, 0.2) is 11.6 Å². The smallest absolute Gasteiger partial charge is 0.254 e. The van der Waals surface area contributed by atoms with Crippen molar-refractivity contribution in [1.29, 1.82) is 0 Å². The van der Waals surface area contributed by atoms with Crippen LogP contribution in [-0.2, 0) is 6.42 Å². The second-order valence-electron chi connectivity index (χ2n) is 11.4. The largest absolute Gasteiger partial charge is 0.454 e.